The zero-order chi connectivity index (χ0) is 22.5. The minimum Gasteiger partial charge on any atom is -0.493 e. The molecule has 1 aliphatic rings. The monoisotopic (exact) mass is 428 g/mol. The van der Waals surface area contributed by atoms with E-state index < -0.39 is 12.0 Å². The Morgan fingerprint density at radius 3 is 2.23 bits per heavy atom. The molecule has 0 spiro atoms. The molecule has 1 N–H and O–H groups in total. The van der Waals surface area contributed by atoms with Crippen molar-refractivity contribution < 1.29 is 24.1 Å². The third-order valence-electron chi connectivity index (χ3n) is 5.92. The molecule has 2 aromatic rings. The van der Waals surface area contributed by atoms with Gasteiger partial charge >= 0.3 is 5.97 Å². The van der Waals surface area contributed by atoms with Crippen molar-refractivity contribution in [1.82, 2.24) is 4.90 Å². The minimum atomic E-state index is -0.797. The first-order chi connectivity index (χ1) is 14.9. The van der Waals surface area contributed by atoms with Gasteiger partial charge in [-0.15, -0.1) is 0 Å². The first kappa shape index (κ1) is 22.7. The van der Waals surface area contributed by atoms with Crippen LogP contribution >= 0.6 is 0 Å². The maximum Gasteiger partial charge on any atom is 0.320 e. The summed E-state index contributed by atoms with van der Waals surface area (Å²) < 4.78 is 16.8. The molecule has 7 heteroatoms. The van der Waals surface area contributed by atoms with Crippen molar-refractivity contribution in [2.24, 2.45) is 0 Å². The first-order valence-electron chi connectivity index (χ1n) is 10.5. The normalized spacial score (nSPS) is 17.6. The van der Waals surface area contributed by atoms with Gasteiger partial charge in [0, 0.05) is 25.3 Å². The number of rotatable bonds is 8. The van der Waals surface area contributed by atoms with Crippen LogP contribution < -0.4 is 19.1 Å². The van der Waals surface area contributed by atoms with Crippen LogP contribution in [0.1, 0.15) is 36.4 Å². The van der Waals surface area contributed by atoms with Crippen LogP contribution in [0, 0.1) is 0 Å². The van der Waals surface area contributed by atoms with Crippen LogP contribution in [-0.4, -0.2) is 64.0 Å². The molecule has 2 atom stereocenters. The Bertz CT molecular complexity index is 898. The zero-order valence-corrected chi connectivity index (χ0v) is 18.9. The van der Waals surface area contributed by atoms with Crippen LogP contribution in [-0.2, 0) is 4.79 Å². The zero-order valence-electron chi connectivity index (χ0n) is 18.9. The highest BCUT2D eigenvalue weighted by molar-refractivity contribution is 5.74. The molecule has 7 nitrogen and oxygen atoms in total. The van der Waals surface area contributed by atoms with E-state index in [0.717, 1.165) is 29.7 Å². The topological polar surface area (TPSA) is 71.5 Å². The van der Waals surface area contributed by atoms with E-state index in [1.807, 2.05) is 31.1 Å². The predicted molar refractivity (Wildman–Crippen MR) is 121 cm³/mol. The highest BCUT2D eigenvalue weighted by Crippen LogP contribution is 2.46. The van der Waals surface area contributed by atoms with E-state index >= 15 is 0 Å². The third-order valence-corrected chi connectivity index (χ3v) is 5.92. The molecule has 0 saturated carbocycles. The second-order valence-corrected chi connectivity index (χ2v) is 7.90. The van der Waals surface area contributed by atoms with Crippen molar-refractivity contribution in [3.8, 4) is 17.2 Å². The van der Waals surface area contributed by atoms with Crippen molar-refractivity contribution in [1.29, 1.82) is 0 Å². The van der Waals surface area contributed by atoms with Crippen molar-refractivity contribution in [2.75, 3.05) is 46.9 Å². The summed E-state index contributed by atoms with van der Waals surface area (Å²) in [5, 5.41) is 9.95. The molecule has 168 valence electrons. The molecule has 0 radical (unpaired) electrons. The molecule has 0 aromatic heterocycles. The smallest absolute Gasteiger partial charge is 0.320 e. The van der Waals surface area contributed by atoms with Gasteiger partial charge < -0.3 is 24.2 Å². The summed E-state index contributed by atoms with van der Waals surface area (Å²) >= 11 is 0. The van der Waals surface area contributed by atoms with Gasteiger partial charge in [0.05, 0.1) is 27.4 Å². The van der Waals surface area contributed by atoms with Crippen molar-refractivity contribution in [3.05, 3.63) is 47.5 Å². The molecule has 2 unspecified atom stereocenters. The SMILES string of the molecule is COc1ccc(C(c2ccc(N(C)C)cc2)N2CCCCC2C(=O)O)c(OC)c1OC. The summed E-state index contributed by atoms with van der Waals surface area (Å²) in [5.41, 5.74) is 2.94. The molecule has 0 aliphatic carbocycles. The number of piperidine rings is 1. The Balaban J connectivity index is 2.20. The van der Waals surface area contributed by atoms with Gasteiger partial charge in [0.15, 0.2) is 11.5 Å². The van der Waals surface area contributed by atoms with E-state index in [1.165, 1.54) is 0 Å². The Morgan fingerprint density at radius 1 is 1.00 bits per heavy atom. The number of hydrogen-bond acceptors (Lipinski definition) is 6. The van der Waals surface area contributed by atoms with E-state index in [-0.39, 0.29) is 6.04 Å². The van der Waals surface area contributed by atoms with Crippen molar-refractivity contribution in [3.63, 3.8) is 0 Å². The average molecular weight is 429 g/mol. The Hall–Kier alpha value is -2.93. The molecule has 3 rings (SSSR count). The predicted octanol–water partition coefficient (Wildman–Crippen LogP) is 3.81. The van der Waals surface area contributed by atoms with Crippen molar-refractivity contribution in [2.45, 2.75) is 31.3 Å². The first-order valence-corrected chi connectivity index (χ1v) is 10.5. The number of aliphatic carboxylic acids is 1. The molecule has 2 aromatic carbocycles. The summed E-state index contributed by atoms with van der Waals surface area (Å²) in [5.74, 6) is 0.826. The number of carboxylic acids is 1. The molecular weight excluding hydrogens is 396 g/mol. The van der Waals surface area contributed by atoms with Crippen LogP contribution in [0.2, 0.25) is 0 Å². The van der Waals surface area contributed by atoms with Gasteiger partial charge in [-0.05, 0) is 49.2 Å². The van der Waals surface area contributed by atoms with Crippen LogP contribution in [0.3, 0.4) is 0 Å². The number of benzene rings is 2. The Morgan fingerprint density at radius 2 is 1.68 bits per heavy atom. The summed E-state index contributed by atoms with van der Waals surface area (Å²) in [6.07, 6.45) is 2.48. The number of carbonyl (C=O) groups is 1. The minimum absolute atomic E-state index is 0.299. The number of carboxylic acid groups (broad SMARTS) is 1. The quantitative estimate of drug-likeness (QED) is 0.686. The number of anilines is 1. The van der Waals surface area contributed by atoms with Crippen molar-refractivity contribution >= 4 is 11.7 Å². The summed E-state index contributed by atoms with van der Waals surface area (Å²) in [6, 6.07) is 11.1. The Kier molecular flexibility index (Phi) is 7.28. The van der Waals surface area contributed by atoms with Crippen LogP contribution in [0.15, 0.2) is 36.4 Å². The lowest BCUT2D eigenvalue weighted by molar-refractivity contribution is -0.145. The van der Waals surface area contributed by atoms with Crippen LogP contribution in [0.5, 0.6) is 17.2 Å². The van der Waals surface area contributed by atoms with E-state index in [0.29, 0.717) is 30.2 Å². The molecule has 0 amide bonds. The number of hydrogen-bond donors (Lipinski definition) is 1. The highest BCUT2D eigenvalue weighted by Gasteiger charge is 2.37. The maximum atomic E-state index is 12.1. The molecule has 1 aliphatic heterocycles. The molecular formula is C24H32N2O5. The number of methoxy groups -OCH3 is 3. The van der Waals surface area contributed by atoms with Gasteiger partial charge in [0.25, 0.3) is 0 Å². The fourth-order valence-corrected chi connectivity index (χ4v) is 4.37. The lowest BCUT2D eigenvalue weighted by Crippen LogP contribution is -2.46. The Labute approximate surface area is 184 Å². The lowest BCUT2D eigenvalue weighted by atomic mass is 9.90. The maximum absolute atomic E-state index is 12.1. The number of ether oxygens (including phenoxy) is 3. The molecule has 1 fully saturated rings. The largest absolute Gasteiger partial charge is 0.493 e. The summed E-state index contributed by atoms with van der Waals surface area (Å²) in [6.45, 7) is 0.689. The molecule has 1 saturated heterocycles. The molecule has 0 bridgehead atoms. The third kappa shape index (κ3) is 4.56. The van der Waals surface area contributed by atoms with Gasteiger partial charge in [-0.1, -0.05) is 18.6 Å². The van der Waals surface area contributed by atoms with Gasteiger partial charge in [-0.2, -0.15) is 0 Å². The number of nitrogens with zero attached hydrogens (tertiary/aromatic N) is 2. The average Bonchev–Trinajstić information content (AvgIpc) is 2.79. The van der Waals surface area contributed by atoms with Gasteiger partial charge in [-0.25, -0.2) is 0 Å². The van der Waals surface area contributed by atoms with Gasteiger partial charge in [0.2, 0.25) is 5.75 Å². The van der Waals surface area contributed by atoms with E-state index in [1.54, 1.807) is 21.3 Å². The second kappa shape index (κ2) is 9.92. The fraction of sp³-hybridized carbons (Fsp3) is 0.458. The van der Waals surface area contributed by atoms with E-state index in [4.69, 9.17) is 14.2 Å². The lowest BCUT2D eigenvalue weighted by Gasteiger charge is -2.40. The van der Waals surface area contributed by atoms with E-state index in [9.17, 15) is 9.90 Å². The summed E-state index contributed by atoms with van der Waals surface area (Å²) in [4.78, 5) is 16.2. The molecule has 1 heterocycles. The number of likely N-dealkylation sites (tertiary alicyclic amines) is 1. The van der Waals surface area contributed by atoms with E-state index in [2.05, 4.69) is 29.2 Å². The van der Waals surface area contributed by atoms with Crippen LogP contribution in [0.25, 0.3) is 0 Å². The van der Waals surface area contributed by atoms with Gasteiger partial charge in [0.1, 0.15) is 6.04 Å². The second-order valence-electron chi connectivity index (χ2n) is 7.90. The fourth-order valence-electron chi connectivity index (χ4n) is 4.37. The summed E-state index contributed by atoms with van der Waals surface area (Å²) in [7, 11) is 8.74. The standard InChI is InChI=1S/C24H32N2O5/c1-25(2)17-11-9-16(10-12-17)21(26-15-7-6-8-19(26)24(27)28)18-13-14-20(29-3)23(31-5)22(18)30-4/h9-14,19,21H,6-8,15H2,1-5H3,(H,27,28). The highest BCUT2D eigenvalue weighted by atomic mass is 16.5. The van der Waals surface area contributed by atoms with Gasteiger partial charge in [-0.3, -0.25) is 9.69 Å². The molecule has 31 heavy (non-hydrogen) atoms. The van der Waals surface area contributed by atoms with Crippen LogP contribution in [0.4, 0.5) is 5.69 Å².